The van der Waals surface area contributed by atoms with Crippen LogP contribution in [0.3, 0.4) is 0 Å². The van der Waals surface area contributed by atoms with E-state index in [0.717, 1.165) is 29.6 Å². The average molecular weight is 259 g/mol. The third kappa shape index (κ3) is 2.14. The second-order valence-electron chi connectivity index (χ2n) is 4.71. The van der Waals surface area contributed by atoms with Crippen molar-refractivity contribution < 1.29 is 14.7 Å². The number of hydrogen-bond donors (Lipinski definition) is 1. The number of aromatic nitrogens is 1. The van der Waals surface area contributed by atoms with E-state index in [0.29, 0.717) is 5.56 Å². The zero-order valence-electron chi connectivity index (χ0n) is 11.4. The largest absolute Gasteiger partial charge is 0.478 e. The molecule has 0 radical (unpaired) electrons. The zero-order valence-corrected chi connectivity index (χ0v) is 11.4. The minimum Gasteiger partial charge on any atom is -0.478 e. The van der Waals surface area contributed by atoms with Crippen LogP contribution in [-0.2, 0) is 6.54 Å². The van der Waals surface area contributed by atoms with Crippen LogP contribution in [0.25, 0.3) is 10.9 Å². The number of carboxylic acid groups (broad SMARTS) is 1. The molecule has 100 valence electrons. The smallest absolute Gasteiger partial charge is 0.335 e. The van der Waals surface area contributed by atoms with Crippen LogP contribution < -0.4 is 0 Å². The van der Waals surface area contributed by atoms with Crippen LogP contribution in [0.4, 0.5) is 0 Å². The number of aromatic carboxylic acids is 1. The summed E-state index contributed by atoms with van der Waals surface area (Å²) in [6, 6.07) is 4.96. The monoisotopic (exact) mass is 259 g/mol. The molecule has 0 bridgehead atoms. The lowest BCUT2D eigenvalue weighted by atomic mass is 10.1. The van der Waals surface area contributed by atoms with E-state index in [1.165, 1.54) is 6.92 Å². The molecule has 2 rings (SSSR count). The maximum Gasteiger partial charge on any atom is 0.335 e. The fourth-order valence-corrected chi connectivity index (χ4v) is 2.57. The van der Waals surface area contributed by atoms with Gasteiger partial charge in [0, 0.05) is 28.7 Å². The Hall–Kier alpha value is -2.10. The first-order chi connectivity index (χ1) is 8.97. The van der Waals surface area contributed by atoms with E-state index in [1.54, 1.807) is 18.2 Å². The zero-order chi connectivity index (χ0) is 14.2. The first-order valence-corrected chi connectivity index (χ1v) is 6.34. The Bertz CT molecular complexity index is 668. The third-order valence-electron chi connectivity index (χ3n) is 3.37. The fraction of sp³-hybridized carbons (Fsp3) is 0.333. The summed E-state index contributed by atoms with van der Waals surface area (Å²) >= 11 is 0. The molecule has 4 nitrogen and oxygen atoms in total. The summed E-state index contributed by atoms with van der Waals surface area (Å²) in [4.78, 5) is 22.9. The molecule has 0 spiro atoms. The van der Waals surface area contributed by atoms with Gasteiger partial charge in [0.05, 0.1) is 5.56 Å². The van der Waals surface area contributed by atoms with Crippen LogP contribution in [-0.4, -0.2) is 21.4 Å². The molecule has 2 aromatic rings. The summed E-state index contributed by atoms with van der Waals surface area (Å²) in [7, 11) is 0. The van der Waals surface area contributed by atoms with Crippen molar-refractivity contribution in [1.29, 1.82) is 0 Å². The highest BCUT2D eigenvalue weighted by Crippen LogP contribution is 2.27. The van der Waals surface area contributed by atoms with E-state index in [-0.39, 0.29) is 11.3 Å². The number of carbonyl (C=O) groups is 2. The lowest BCUT2D eigenvalue weighted by Crippen LogP contribution is -2.01. The molecule has 4 heteroatoms. The maximum absolute atomic E-state index is 11.8. The summed E-state index contributed by atoms with van der Waals surface area (Å²) in [5.74, 6) is -1.00. The summed E-state index contributed by atoms with van der Waals surface area (Å²) in [6.07, 6.45) is 0.961. The number of Topliss-reactive ketones (excluding diaryl/α,β-unsaturated/α-hetero) is 1. The van der Waals surface area contributed by atoms with E-state index in [9.17, 15) is 9.59 Å². The molecule has 0 unspecified atom stereocenters. The Morgan fingerprint density at radius 2 is 2.00 bits per heavy atom. The van der Waals surface area contributed by atoms with Crippen molar-refractivity contribution in [2.45, 2.75) is 33.7 Å². The van der Waals surface area contributed by atoms with Gasteiger partial charge in [-0.15, -0.1) is 0 Å². The van der Waals surface area contributed by atoms with Gasteiger partial charge in [-0.05, 0) is 38.5 Å². The number of rotatable bonds is 4. The topological polar surface area (TPSA) is 59.3 Å². The van der Waals surface area contributed by atoms with Gasteiger partial charge in [0.2, 0.25) is 0 Å². The van der Waals surface area contributed by atoms with Gasteiger partial charge in [0.25, 0.3) is 0 Å². The van der Waals surface area contributed by atoms with Crippen LogP contribution in [0, 0.1) is 6.92 Å². The summed E-state index contributed by atoms with van der Waals surface area (Å²) in [6.45, 7) is 6.32. The number of nitrogens with zero attached hydrogens (tertiary/aromatic N) is 1. The van der Waals surface area contributed by atoms with Crippen molar-refractivity contribution in [3.05, 3.63) is 35.0 Å². The number of hydrogen-bond acceptors (Lipinski definition) is 2. The predicted molar refractivity (Wildman–Crippen MR) is 73.9 cm³/mol. The SMILES string of the molecule is CCCn1c(C)c(C(C)=O)c2cc(C(=O)O)ccc21. The molecule has 1 N–H and O–H groups in total. The fourth-order valence-electron chi connectivity index (χ4n) is 2.57. The summed E-state index contributed by atoms with van der Waals surface area (Å²) in [5.41, 5.74) is 2.68. The van der Waals surface area contributed by atoms with E-state index in [2.05, 4.69) is 11.5 Å². The van der Waals surface area contributed by atoms with Crippen LogP contribution in [0.5, 0.6) is 0 Å². The second kappa shape index (κ2) is 4.88. The van der Waals surface area contributed by atoms with Gasteiger partial charge < -0.3 is 9.67 Å². The van der Waals surface area contributed by atoms with Gasteiger partial charge >= 0.3 is 5.97 Å². The number of aryl methyl sites for hydroxylation is 1. The van der Waals surface area contributed by atoms with Gasteiger partial charge in [-0.25, -0.2) is 4.79 Å². The molecular formula is C15H17NO3. The Labute approximate surface area is 111 Å². The molecule has 1 heterocycles. The molecule has 0 saturated carbocycles. The van der Waals surface area contributed by atoms with Crippen molar-refractivity contribution in [3.8, 4) is 0 Å². The van der Waals surface area contributed by atoms with Gasteiger partial charge in [-0.1, -0.05) is 6.92 Å². The molecule has 0 fully saturated rings. The highest BCUT2D eigenvalue weighted by Gasteiger charge is 2.18. The summed E-state index contributed by atoms with van der Waals surface area (Å²) in [5, 5.41) is 9.80. The van der Waals surface area contributed by atoms with E-state index in [4.69, 9.17) is 5.11 Å². The minimum atomic E-state index is -0.975. The van der Waals surface area contributed by atoms with E-state index >= 15 is 0 Å². The minimum absolute atomic E-state index is 0.0279. The van der Waals surface area contributed by atoms with Crippen molar-refractivity contribution >= 4 is 22.7 Å². The van der Waals surface area contributed by atoms with Crippen molar-refractivity contribution in [2.24, 2.45) is 0 Å². The van der Waals surface area contributed by atoms with Gasteiger partial charge in [0.1, 0.15) is 0 Å². The molecule has 0 atom stereocenters. The highest BCUT2D eigenvalue weighted by molar-refractivity contribution is 6.09. The molecule has 1 aromatic carbocycles. The lowest BCUT2D eigenvalue weighted by Gasteiger charge is -2.06. The highest BCUT2D eigenvalue weighted by atomic mass is 16.4. The molecule has 0 saturated heterocycles. The van der Waals surface area contributed by atoms with E-state index in [1.807, 2.05) is 6.92 Å². The first kappa shape index (κ1) is 13.3. The van der Waals surface area contributed by atoms with Crippen LogP contribution in [0.15, 0.2) is 18.2 Å². The molecule has 1 aromatic heterocycles. The van der Waals surface area contributed by atoms with E-state index < -0.39 is 5.97 Å². The Morgan fingerprint density at radius 1 is 1.32 bits per heavy atom. The summed E-state index contributed by atoms with van der Waals surface area (Å²) < 4.78 is 2.08. The van der Waals surface area contributed by atoms with Gasteiger partial charge in [-0.3, -0.25) is 4.79 Å². The first-order valence-electron chi connectivity index (χ1n) is 6.34. The quantitative estimate of drug-likeness (QED) is 0.857. The second-order valence-corrected chi connectivity index (χ2v) is 4.71. The number of ketones is 1. The van der Waals surface area contributed by atoms with Crippen molar-refractivity contribution in [2.75, 3.05) is 0 Å². The average Bonchev–Trinajstić information content (AvgIpc) is 2.62. The van der Waals surface area contributed by atoms with Gasteiger partial charge in [-0.2, -0.15) is 0 Å². The molecule has 0 aliphatic carbocycles. The standard InChI is InChI=1S/C15H17NO3/c1-4-7-16-9(2)14(10(3)17)12-8-11(15(18)19)5-6-13(12)16/h5-6,8H,4,7H2,1-3H3,(H,18,19). The Balaban J connectivity index is 2.82. The van der Waals surface area contributed by atoms with Crippen LogP contribution in [0.2, 0.25) is 0 Å². The Morgan fingerprint density at radius 3 is 2.53 bits per heavy atom. The molecule has 19 heavy (non-hydrogen) atoms. The molecular weight excluding hydrogens is 242 g/mol. The normalized spacial score (nSPS) is 10.9. The molecule has 0 aliphatic rings. The van der Waals surface area contributed by atoms with Crippen molar-refractivity contribution in [3.63, 3.8) is 0 Å². The van der Waals surface area contributed by atoms with Gasteiger partial charge in [0.15, 0.2) is 5.78 Å². The number of carboxylic acids is 1. The third-order valence-corrected chi connectivity index (χ3v) is 3.37. The van der Waals surface area contributed by atoms with Crippen LogP contribution in [0.1, 0.15) is 46.7 Å². The van der Waals surface area contributed by atoms with Crippen LogP contribution >= 0.6 is 0 Å². The molecule has 0 amide bonds. The lowest BCUT2D eigenvalue weighted by molar-refractivity contribution is 0.0696. The van der Waals surface area contributed by atoms with Crippen molar-refractivity contribution in [1.82, 2.24) is 4.57 Å². The number of benzene rings is 1. The maximum atomic E-state index is 11.8. The number of fused-ring (bicyclic) bond motifs is 1. The Kier molecular flexibility index (Phi) is 3.42. The number of carbonyl (C=O) groups excluding carboxylic acids is 1. The predicted octanol–water partition coefficient (Wildman–Crippen LogP) is 3.26. The molecule has 0 aliphatic heterocycles.